The molecule has 0 N–H and O–H groups in total. The van der Waals surface area contributed by atoms with Gasteiger partial charge >= 0.3 is 385 Å². The average molecular weight is 1150 g/mol. The Balaban J connectivity index is 1.19. The first-order valence-corrected chi connectivity index (χ1v) is 26.6. The Morgan fingerprint density at radius 3 is 1.84 bits per heavy atom. The zero-order valence-electron chi connectivity index (χ0n) is 49.5. The fourth-order valence-electron chi connectivity index (χ4n) is 9.97. The van der Waals surface area contributed by atoms with E-state index in [0.717, 1.165) is 72.7 Å². The van der Waals surface area contributed by atoms with Gasteiger partial charge in [0, 0.05) is 12.4 Å². The number of aromatic nitrogens is 5. The van der Waals surface area contributed by atoms with Gasteiger partial charge in [-0.05, 0) is 17.0 Å². The van der Waals surface area contributed by atoms with E-state index in [1.807, 2.05) is 48.8 Å². The Kier molecular flexibility index (Phi) is 11.3. The van der Waals surface area contributed by atoms with Gasteiger partial charge < -0.3 is 0 Å². The minimum atomic E-state index is -0.431. The summed E-state index contributed by atoms with van der Waals surface area (Å²) in [5, 5.41) is 4.85. The van der Waals surface area contributed by atoms with Crippen molar-refractivity contribution in [2.45, 2.75) is 124 Å². The van der Waals surface area contributed by atoms with Crippen molar-refractivity contribution in [2.24, 2.45) is 0 Å². The number of hydrogen-bond donors (Lipinski definition) is 0. The van der Waals surface area contributed by atoms with Crippen molar-refractivity contribution in [1.29, 1.82) is 0 Å². The second kappa shape index (κ2) is 18.8. The summed E-state index contributed by atoms with van der Waals surface area (Å²) in [5.74, 6) is 2.17. The summed E-state index contributed by atoms with van der Waals surface area (Å²) in [6, 6.07) is 38.5. The first-order chi connectivity index (χ1) is 36.7. The molecule has 3 aromatic heterocycles. The van der Waals surface area contributed by atoms with Crippen molar-refractivity contribution in [2.75, 3.05) is 4.81 Å². The molecule has 0 amide bonds. The second-order valence-electron chi connectivity index (χ2n) is 23.6. The monoisotopic (exact) mass is 1150 g/mol. The number of anilines is 2. The number of ether oxygens (including phenoxy) is 1. The van der Waals surface area contributed by atoms with Crippen LogP contribution in [0.15, 0.2) is 158 Å². The molecule has 1 aliphatic heterocycles. The van der Waals surface area contributed by atoms with Crippen LogP contribution in [0.3, 0.4) is 0 Å². The van der Waals surface area contributed by atoms with Crippen LogP contribution in [0.1, 0.15) is 126 Å². The van der Waals surface area contributed by atoms with Crippen molar-refractivity contribution in [3.63, 3.8) is 0 Å². The molecule has 1 aliphatic rings. The normalized spacial score (nSPS) is 14.1. The number of fused-ring (bicyclic) bond motifs is 4. The molecule has 7 nitrogen and oxygen atoms in total. The molecule has 4 heterocycles. The first kappa shape index (κ1) is 44.0. The molecule has 0 atom stereocenters. The van der Waals surface area contributed by atoms with Crippen LogP contribution >= 0.6 is 0 Å². The number of benzene rings is 6. The minimum absolute atomic E-state index is 0.0778. The molecular formula is C64H69BN6OPt. The van der Waals surface area contributed by atoms with E-state index in [2.05, 4.69) is 207 Å². The van der Waals surface area contributed by atoms with Crippen molar-refractivity contribution in [3.05, 3.63) is 184 Å². The number of hydrogen-bond acceptors (Lipinski definition) is 4. The Labute approximate surface area is 451 Å². The standard InChI is InChI=1S/C64H69BN6O.Pt/c1-14-31-65-70(59-39-45(29-32-66-59)61(2,3)4)58-41-51(27-28-52(58)55-30-33-67-71(55)65)72-50-24-20-23-49(40-50)68-42-69(57-26-19-18-25-56(57)68)60-53(43-21-16-15-17-22-43)37-48(64(11,12)13)38-54(60)44-34-46(62(5,6)7)36-47(35-44)63(8,9)10;/h15-30,32-41H,14,31H2,1-13H3;/i15D,16D,17D,21D,22D;. The maximum absolute atomic E-state index is 9.52. The molecule has 10 rings (SSSR count). The topological polar surface area (TPSA) is 53.0 Å². The number of para-hydroxylation sites is 2. The predicted molar refractivity (Wildman–Crippen MR) is 302 cm³/mol. The average Bonchev–Trinajstić information content (AvgIpc) is 4.15. The van der Waals surface area contributed by atoms with Gasteiger partial charge in [0.15, 0.2) is 0 Å². The third-order valence-electron chi connectivity index (χ3n) is 14.1. The van der Waals surface area contributed by atoms with Crippen LogP contribution in [-0.2, 0) is 41.0 Å². The van der Waals surface area contributed by atoms with Crippen LogP contribution in [0.2, 0.25) is 6.32 Å². The second-order valence-corrected chi connectivity index (χ2v) is 24.6. The van der Waals surface area contributed by atoms with Crippen LogP contribution < -0.4 is 9.55 Å². The van der Waals surface area contributed by atoms with Gasteiger partial charge in [-0.3, -0.25) is 0 Å². The Hall–Kier alpha value is -6.50. The number of imidazole rings is 1. The molecule has 9 heteroatoms. The third kappa shape index (κ3) is 9.53. The summed E-state index contributed by atoms with van der Waals surface area (Å²) < 4.78 is 59.9. The Morgan fingerprint density at radius 1 is 0.575 bits per heavy atom. The van der Waals surface area contributed by atoms with Gasteiger partial charge in [0.25, 0.3) is 0 Å². The van der Waals surface area contributed by atoms with Crippen molar-refractivity contribution < 1.29 is 30.9 Å². The van der Waals surface area contributed by atoms with E-state index in [9.17, 15) is 2.74 Å². The zero-order valence-corrected chi connectivity index (χ0v) is 46.8. The molecule has 0 aliphatic carbocycles. The molecule has 0 fully saturated rings. The molecule has 73 heavy (non-hydrogen) atoms. The molecule has 0 bridgehead atoms. The maximum atomic E-state index is 9.52. The van der Waals surface area contributed by atoms with Gasteiger partial charge in [0.1, 0.15) is 0 Å². The van der Waals surface area contributed by atoms with Crippen molar-refractivity contribution >= 4 is 29.5 Å². The molecular weight excluding hydrogens is 1070 g/mol. The van der Waals surface area contributed by atoms with Crippen molar-refractivity contribution in [1.82, 2.24) is 23.8 Å². The summed E-state index contributed by atoms with van der Waals surface area (Å²) in [7, 11) is 0. The molecule has 0 unspecified atom stereocenters. The van der Waals surface area contributed by atoms with Crippen LogP contribution in [0.4, 0.5) is 11.5 Å². The van der Waals surface area contributed by atoms with E-state index >= 15 is 0 Å². The molecule has 6 aromatic carbocycles. The Morgan fingerprint density at radius 2 is 1.19 bits per heavy atom. The van der Waals surface area contributed by atoms with E-state index in [4.69, 9.17) is 18.9 Å². The molecule has 0 radical (unpaired) electrons. The molecule has 9 aromatic rings. The predicted octanol–water partition coefficient (Wildman–Crippen LogP) is 17.0. The fourth-order valence-corrected chi connectivity index (χ4v) is 11.1. The molecule has 0 saturated carbocycles. The van der Waals surface area contributed by atoms with E-state index in [-0.39, 0.29) is 58.4 Å². The summed E-state index contributed by atoms with van der Waals surface area (Å²) in [5.41, 5.74) is 12.6. The van der Waals surface area contributed by atoms with Gasteiger partial charge in [-0.15, -0.1) is 0 Å². The number of rotatable bonds is 9. The van der Waals surface area contributed by atoms with E-state index < -0.39 is 6.04 Å². The molecule has 374 valence electrons. The van der Waals surface area contributed by atoms with Gasteiger partial charge in [-0.1, -0.05) is 34.1 Å². The SMILES string of the molecule is [2H]c1c([2H])c([2H])c(-c2cc(C(C)(C)C)cc(-c3cc(C(C)(C)C)cc(C(C)(C)C)c3)c2-n2[c](=[Pt])n(-c3cccc(Oc4ccc5c(c4)N(c4cc(C(C)(C)C)ccn4)B(CCC)n4nccc4-5)c3)c3ccccc32)c([2H])c1[2H]. The summed E-state index contributed by atoms with van der Waals surface area (Å²) in [6.07, 6.45) is 5.60. The summed E-state index contributed by atoms with van der Waals surface area (Å²) in [4.78, 5) is 7.30. The first-order valence-electron chi connectivity index (χ1n) is 28.0. The van der Waals surface area contributed by atoms with Gasteiger partial charge in [-0.25, -0.2) is 0 Å². The van der Waals surface area contributed by atoms with Crippen LogP contribution in [0.5, 0.6) is 11.5 Å². The number of pyridine rings is 1. The molecule has 0 saturated heterocycles. The quantitative estimate of drug-likeness (QED) is 0.135. The van der Waals surface area contributed by atoms with E-state index in [1.165, 1.54) is 16.7 Å². The van der Waals surface area contributed by atoms with Gasteiger partial charge in [-0.2, -0.15) is 5.10 Å². The zero-order chi connectivity index (χ0) is 56.1. The Bertz CT molecular complexity index is 3850. The van der Waals surface area contributed by atoms with Gasteiger partial charge in [0.05, 0.1) is 0 Å². The van der Waals surface area contributed by atoms with E-state index in [0.29, 0.717) is 22.7 Å². The van der Waals surface area contributed by atoms with Crippen LogP contribution in [-0.4, -0.2) is 30.8 Å². The summed E-state index contributed by atoms with van der Waals surface area (Å²) >= 11 is 2.40. The van der Waals surface area contributed by atoms with Crippen molar-refractivity contribution in [3.8, 4) is 56.4 Å². The van der Waals surface area contributed by atoms with Crippen LogP contribution in [0.25, 0.3) is 55.9 Å². The summed E-state index contributed by atoms with van der Waals surface area (Å²) in [6.45, 7) is 28.6. The fraction of sp³-hybridized carbons (Fsp3) is 0.297. The van der Waals surface area contributed by atoms with Crippen LogP contribution in [0, 0.1) is 3.80 Å². The van der Waals surface area contributed by atoms with E-state index in [1.54, 1.807) is 0 Å². The molecule has 0 spiro atoms. The number of nitrogens with zero attached hydrogens (tertiary/aromatic N) is 6. The van der Waals surface area contributed by atoms with Gasteiger partial charge in [0.2, 0.25) is 0 Å². The third-order valence-corrected chi connectivity index (χ3v) is 15.1.